The number of carbonyl (C=O) groups excluding carboxylic acids is 2. The molecule has 4 rings (SSSR count). The molecule has 1 aromatic carbocycles. The summed E-state index contributed by atoms with van der Waals surface area (Å²) in [5.41, 5.74) is 1.35. The molecule has 1 saturated heterocycles. The Bertz CT molecular complexity index is 947. The minimum Gasteiger partial charge on any atom is -0.476 e. The van der Waals surface area contributed by atoms with Gasteiger partial charge in [0.25, 0.3) is 5.91 Å². The fraction of sp³-hybridized carbons (Fsp3) is 0.421. The lowest BCUT2D eigenvalue weighted by Crippen LogP contribution is -2.54. The molecule has 2 aliphatic rings. The average molecular weight is 403 g/mol. The van der Waals surface area contributed by atoms with Crippen LogP contribution in [-0.4, -0.2) is 60.2 Å². The number of aryl methyl sites for hydroxylation is 1. The molecular weight excluding hydrogens is 382 g/mol. The average Bonchev–Trinajstić information content (AvgIpc) is 3.05. The molecule has 148 valence electrons. The summed E-state index contributed by atoms with van der Waals surface area (Å²) in [7, 11) is 0. The van der Waals surface area contributed by atoms with Gasteiger partial charge in [-0.25, -0.2) is 0 Å². The number of carbonyl (C=O) groups is 2. The van der Waals surface area contributed by atoms with Crippen molar-refractivity contribution in [2.45, 2.75) is 19.6 Å². The molecule has 1 aromatic heterocycles. The Morgan fingerprint density at radius 2 is 1.96 bits per heavy atom. The zero-order valence-electron chi connectivity index (χ0n) is 15.5. The van der Waals surface area contributed by atoms with Crippen molar-refractivity contribution in [1.82, 2.24) is 9.47 Å². The van der Waals surface area contributed by atoms with E-state index in [0.717, 1.165) is 17.0 Å². The minimum absolute atomic E-state index is 0.0685. The monoisotopic (exact) mass is 403 g/mol. The lowest BCUT2D eigenvalue weighted by Gasteiger charge is -2.37. The highest BCUT2D eigenvalue weighted by molar-refractivity contribution is 7.07. The first-order chi connectivity index (χ1) is 13.5. The number of nitrogens with zero attached hydrogens (tertiary/aromatic N) is 3. The number of morpholine rings is 1. The van der Waals surface area contributed by atoms with Crippen molar-refractivity contribution >= 4 is 28.8 Å². The second kappa shape index (κ2) is 7.76. The fourth-order valence-corrected chi connectivity index (χ4v) is 4.14. The summed E-state index contributed by atoms with van der Waals surface area (Å²) >= 11 is 1.07. The first-order valence-electron chi connectivity index (χ1n) is 9.12. The highest BCUT2D eigenvalue weighted by atomic mass is 32.1. The van der Waals surface area contributed by atoms with E-state index in [1.165, 1.54) is 4.57 Å². The fourth-order valence-electron chi connectivity index (χ4n) is 3.40. The van der Waals surface area contributed by atoms with Gasteiger partial charge in [0.15, 0.2) is 6.10 Å². The van der Waals surface area contributed by atoms with Crippen molar-refractivity contribution in [2.75, 3.05) is 37.7 Å². The minimum atomic E-state index is -0.780. The molecule has 9 heteroatoms. The Morgan fingerprint density at radius 1 is 1.21 bits per heavy atom. The summed E-state index contributed by atoms with van der Waals surface area (Å²) in [4.78, 5) is 41.0. The van der Waals surface area contributed by atoms with Crippen LogP contribution >= 0.6 is 11.3 Å². The van der Waals surface area contributed by atoms with Crippen molar-refractivity contribution in [3.05, 3.63) is 45.0 Å². The number of hydrogen-bond acceptors (Lipinski definition) is 6. The standard InChI is InChI=1S/C19H21N3O5S/c1-13-12-28-19(25)21(13)11-17(23)22-10-16(18(24)20-6-8-26-9-7-20)27-15-5-3-2-4-14(15)22/h2-5,12,16H,6-11H2,1H3/t16-/m0/s1. The van der Waals surface area contributed by atoms with Gasteiger partial charge in [-0.1, -0.05) is 23.5 Å². The Hall–Kier alpha value is -2.65. The maximum absolute atomic E-state index is 13.0. The van der Waals surface area contributed by atoms with Gasteiger partial charge < -0.3 is 19.3 Å². The van der Waals surface area contributed by atoms with Crippen LogP contribution in [0.25, 0.3) is 0 Å². The molecule has 2 amide bonds. The van der Waals surface area contributed by atoms with Crippen LogP contribution in [0.15, 0.2) is 34.4 Å². The molecule has 8 nitrogen and oxygen atoms in total. The Balaban J connectivity index is 1.59. The van der Waals surface area contributed by atoms with Crippen molar-refractivity contribution in [3.63, 3.8) is 0 Å². The van der Waals surface area contributed by atoms with E-state index in [1.807, 2.05) is 6.07 Å². The van der Waals surface area contributed by atoms with Crippen molar-refractivity contribution in [2.24, 2.45) is 0 Å². The number of ether oxygens (including phenoxy) is 2. The van der Waals surface area contributed by atoms with Crippen molar-refractivity contribution < 1.29 is 19.1 Å². The molecule has 0 unspecified atom stereocenters. The van der Waals surface area contributed by atoms with E-state index in [0.29, 0.717) is 37.7 Å². The van der Waals surface area contributed by atoms with Gasteiger partial charge in [-0.2, -0.15) is 0 Å². The molecule has 2 aromatic rings. The van der Waals surface area contributed by atoms with Crippen LogP contribution in [0.5, 0.6) is 5.75 Å². The third kappa shape index (κ3) is 3.55. The van der Waals surface area contributed by atoms with Crippen LogP contribution in [0.1, 0.15) is 5.69 Å². The predicted molar refractivity (Wildman–Crippen MR) is 104 cm³/mol. The van der Waals surface area contributed by atoms with E-state index >= 15 is 0 Å². The topological polar surface area (TPSA) is 81.1 Å². The molecule has 0 radical (unpaired) electrons. The van der Waals surface area contributed by atoms with E-state index in [9.17, 15) is 14.4 Å². The Morgan fingerprint density at radius 3 is 2.68 bits per heavy atom. The quantitative estimate of drug-likeness (QED) is 0.760. The van der Waals surface area contributed by atoms with Crippen LogP contribution in [0.4, 0.5) is 5.69 Å². The van der Waals surface area contributed by atoms with Crippen LogP contribution in [0.2, 0.25) is 0 Å². The molecule has 3 heterocycles. The van der Waals surface area contributed by atoms with Gasteiger partial charge in [0.2, 0.25) is 5.91 Å². The van der Waals surface area contributed by atoms with E-state index in [-0.39, 0.29) is 29.8 Å². The zero-order valence-corrected chi connectivity index (χ0v) is 16.3. The van der Waals surface area contributed by atoms with Crippen molar-refractivity contribution in [1.29, 1.82) is 0 Å². The van der Waals surface area contributed by atoms with Gasteiger partial charge in [0, 0.05) is 24.2 Å². The summed E-state index contributed by atoms with van der Waals surface area (Å²) < 4.78 is 12.7. The molecule has 1 fully saturated rings. The molecule has 0 bridgehead atoms. The third-order valence-electron chi connectivity index (χ3n) is 4.94. The molecular formula is C19H21N3O5S. The maximum atomic E-state index is 13.0. The van der Waals surface area contributed by atoms with Crippen LogP contribution in [0.3, 0.4) is 0 Å². The van der Waals surface area contributed by atoms with Gasteiger partial charge in [0.1, 0.15) is 12.3 Å². The summed E-state index contributed by atoms with van der Waals surface area (Å²) in [6.07, 6.45) is -0.780. The molecule has 28 heavy (non-hydrogen) atoms. The lowest BCUT2D eigenvalue weighted by molar-refractivity contribution is -0.142. The summed E-state index contributed by atoms with van der Waals surface area (Å²) in [5, 5.41) is 1.73. The molecule has 0 N–H and O–H groups in total. The molecule has 2 aliphatic heterocycles. The van der Waals surface area contributed by atoms with Gasteiger partial charge >= 0.3 is 4.87 Å². The number of aromatic nitrogens is 1. The number of anilines is 1. The van der Waals surface area contributed by atoms with E-state index in [2.05, 4.69) is 0 Å². The highest BCUT2D eigenvalue weighted by Gasteiger charge is 2.36. The van der Waals surface area contributed by atoms with Gasteiger partial charge in [-0.15, -0.1) is 0 Å². The normalized spacial score (nSPS) is 19.1. The van der Waals surface area contributed by atoms with Crippen LogP contribution < -0.4 is 14.5 Å². The third-order valence-corrected chi connectivity index (χ3v) is 5.82. The second-order valence-corrected chi connectivity index (χ2v) is 7.57. The second-order valence-electron chi connectivity index (χ2n) is 6.75. The van der Waals surface area contributed by atoms with E-state index in [1.54, 1.807) is 40.3 Å². The number of benzene rings is 1. The number of para-hydroxylation sites is 2. The van der Waals surface area contributed by atoms with E-state index < -0.39 is 6.10 Å². The van der Waals surface area contributed by atoms with Crippen molar-refractivity contribution in [3.8, 4) is 5.75 Å². The zero-order chi connectivity index (χ0) is 19.7. The van der Waals surface area contributed by atoms with Gasteiger partial charge in [0.05, 0.1) is 25.4 Å². The summed E-state index contributed by atoms with van der Waals surface area (Å²) in [6, 6.07) is 7.15. The van der Waals surface area contributed by atoms with Crippen LogP contribution in [0, 0.1) is 6.92 Å². The maximum Gasteiger partial charge on any atom is 0.307 e. The summed E-state index contributed by atoms with van der Waals surface area (Å²) in [6.45, 7) is 3.86. The van der Waals surface area contributed by atoms with Gasteiger partial charge in [-0.3, -0.25) is 19.0 Å². The van der Waals surface area contributed by atoms with Crippen LogP contribution in [-0.2, 0) is 20.9 Å². The number of fused-ring (bicyclic) bond motifs is 1. The summed E-state index contributed by atoms with van der Waals surface area (Å²) in [5.74, 6) is 0.0849. The molecule has 1 atom stereocenters. The smallest absolute Gasteiger partial charge is 0.307 e. The number of rotatable bonds is 3. The Labute approximate surface area is 165 Å². The highest BCUT2D eigenvalue weighted by Crippen LogP contribution is 2.33. The number of amides is 2. The van der Waals surface area contributed by atoms with Gasteiger partial charge in [-0.05, 0) is 19.1 Å². The van der Waals surface area contributed by atoms with E-state index in [4.69, 9.17) is 9.47 Å². The molecule has 0 saturated carbocycles. The molecule has 0 aliphatic carbocycles. The number of hydrogen-bond donors (Lipinski definition) is 0. The lowest BCUT2D eigenvalue weighted by atomic mass is 10.1. The largest absolute Gasteiger partial charge is 0.476 e. The predicted octanol–water partition coefficient (Wildman–Crippen LogP) is 0.871. The first kappa shape index (κ1) is 18.7. The first-order valence-corrected chi connectivity index (χ1v) is 10.00. The number of thiazole rings is 1. The Kier molecular flexibility index (Phi) is 5.19. The molecule has 0 spiro atoms. The SMILES string of the molecule is Cc1csc(=O)n1CC(=O)N1C[C@@H](C(=O)N2CCOCC2)Oc2ccccc21.